The van der Waals surface area contributed by atoms with Gasteiger partial charge in [-0.25, -0.2) is 13.9 Å². The number of carbonyl (C=O) groups excluding carboxylic acids is 1. The molecule has 1 amide bonds. The summed E-state index contributed by atoms with van der Waals surface area (Å²) in [5.74, 6) is 1.40. The maximum Gasteiger partial charge on any atom is 0.352 e. The molecule has 1 fully saturated rings. The van der Waals surface area contributed by atoms with Gasteiger partial charge in [0.25, 0.3) is 5.78 Å². The Kier molecular flexibility index (Phi) is 5.53. The maximum atomic E-state index is 12.5. The number of amides is 1. The molecule has 3 aromatic rings. The third kappa shape index (κ3) is 4.27. The largest absolute Gasteiger partial charge is 0.356 e. The van der Waals surface area contributed by atoms with Crippen LogP contribution in [0.2, 0.25) is 5.02 Å². The zero-order chi connectivity index (χ0) is 20.4. The van der Waals surface area contributed by atoms with E-state index in [0.717, 1.165) is 35.6 Å². The third-order valence-electron chi connectivity index (χ3n) is 5.15. The van der Waals surface area contributed by atoms with Gasteiger partial charge in [-0.2, -0.15) is 4.98 Å². The lowest BCUT2D eigenvalue weighted by molar-refractivity contribution is -0.122. The SMILES string of the molecule is CC1CCCN(c2ccn3c(=O)n(CC(=O)NCc4ccccc4Cl)nc3n2)C1. The summed E-state index contributed by atoms with van der Waals surface area (Å²) < 4.78 is 2.49. The molecule has 1 atom stereocenters. The van der Waals surface area contributed by atoms with E-state index in [-0.39, 0.29) is 24.7 Å². The number of aromatic nitrogens is 4. The molecule has 0 radical (unpaired) electrons. The molecule has 0 saturated carbocycles. The van der Waals surface area contributed by atoms with Crippen molar-refractivity contribution in [1.82, 2.24) is 24.5 Å². The summed E-state index contributed by atoms with van der Waals surface area (Å²) in [4.78, 5) is 31.6. The molecule has 152 valence electrons. The fourth-order valence-corrected chi connectivity index (χ4v) is 3.80. The maximum absolute atomic E-state index is 12.5. The molecule has 1 aliphatic rings. The van der Waals surface area contributed by atoms with E-state index in [1.54, 1.807) is 12.3 Å². The summed E-state index contributed by atoms with van der Waals surface area (Å²) in [6.45, 7) is 4.23. The van der Waals surface area contributed by atoms with Crippen LogP contribution in [0, 0.1) is 5.92 Å². The number of benzene rings is 1. The second-order valence-electron chi connectivity index (χ2n) is 7.46. The van der Waals surface area contributed by atoms with E-state index < -0.39 is 0 Å². The Hall–Kier alpha value is -2.87. The van der Waals surface area contributed by atoms with Crippen molar-refractivity contribution in [3.8, 4) is 0 Å². The highest BCUT2D eigenvalue weighted by molar-refractivity contribution is 6.31. The van der Waals surface area contributed by atoms with Crippen molar-refractivity contribution in [2.75, 3.05) is 18.0 Å². The number of hydrogen-bond donors (Lipinski definition) is 1. The first-order valence-electron chi connectivity index (χ1n) is 9.72. The first-order valence-corrected chi connectivity index (χ1v) is 10.1. The standard InChI is InChI=1S/C20H23ClN6O2/c1-14-5-4-9-25(12-14)17-8-10-26-19(23-17)24-27(20(26)29)13-18(28)22-11-15-6-2-3-7-16(15)21/h2-3,6-8,10,14H,4-5,9,11-13H2,1H3,(H,22,28). The van der Waals surface area contributed by atoms with Crippen LogP contribution in [-0.4, -0.2) is 38.2 Å². The van der Waals surface area contributed by atoms with Crippen LogP contribution < -0.4 is 15.9 Å². The summed E-state index contributed by atoms with van der Waals surface area (Å²) in [7, 11) is 0. The monoisotopic (exact) mass is 414 g/mol. The number of anilines is 1. The van der Waals surface area contributed by atoms with E-state index in [9.17, 15) is 9.59 Å². The smallest absolute Gasteiger partial charge is 0.352 e. The van der Waals surface area contributed by atoms with E-state index in [1.165, 1.54) is 10.8 Å². The molecule has 1 aliphatic heterocycles. The molecular weight excluding hydrogens is 392 g/mol. The van der Waals surface area contributed by atoms with Gasteiger partial charge in [0.05, 0.1) is 0 Å². The van der Waals surface area contributed by atoms with Crippen LogP contribution in [0.5, 0.6) is 0 Å². The van der Waals surface area contributed by atoms with Crippen LogP contribution in [0.15, 0.2) is 41.3 Å². The van der Waals surface area contributed by atoms with Crippen molar-refractivity contribution < 1.29 is 4.79 Å². The van der Waals surface area contributed by atoms with E-state index in [4.69, 9.17) is 11.6 Å². The number of piperidine rings is 1. The molecular formula is C20H23ClN6O2. The zero-order valence-corrected chi connectivity index (χ0v) is 17.0. The van der Waals surface area contributed by atoms with Crippen molar-refractivity contribution in [1.29, 1.82) is 0 Å². The molecule has 8 nitrogen and oxygen atoms in total. The highest BCUT2D eigenvalue weighted by atomic mass is 35.5. The Morgan fingerprint density at radius 3 is 2.93 bits per heavy atom. The van der Waals surface area contributed by atoms with Crippen LogP contribution in [0.4, 0.5) is 5.82 Å². The van der Waals surface area contributed by atoms with Gasteiger partial charge in [-0.15, -0.1) is 5.10 Å². The minimum absolute atomic E-state index is 0.178. The summed E-state index contributed by atoms with van der Waals surface area (Å²) in [6, 6.07) is 9.12. The Labute approximate surface area is 173 Å². The van der Waals surface area contributed by atoms with Crippen LogP contribution in [-0.2, 0) is 17.9 Å². The van der Waals surface area contributed by atoms with Gasteiger partial charge in [0, 0.05) is 30.9 Å². The quantitative estimate of drug-likeness (QED) is 0.691. The predicted molar refractivity (Wildman–Crippen MR) is 111 cm³/mol. The number of hydrogen-bond acceptors (Lipinski definition) is 5. The van der Waals surface area contributed by atoms with Crippen molar-refractivity contribution in [3.05, 3.63) is 57.6 Å². The number of halogens is 1. The van der Waals surface area contributed by atoms with Crippen LogP contribution in [0.25, 0.3) is 5.78 Å². The average molecular weight is 415 g/mol. The normalized spacial score (nSPS) is 16.9. The van der Waals surface area contributed by atoms with E-state index in [0.29, 0.717) is 16.7 Å². The van der Waals surface area contributed by atoms with Crippen molar-refractivity contribution in [3.63, 3.8) is 0 Å². The third-order valence-corrected chi connectivity index (χ3v) is 5.52. The van der Waals surface area contributed by atoms with Gasteiger partial charge in [0.2, 0.25) is 5.91 Å². The van der Waals surface area contributed by atoms with Gasteiger partial charge in [0.1, 0.15) is 12.4 Å². The molecule has 29 heavy (non-hydrogen) atoms. The molecule has 0 bridgehead atoms. The summed E-state index contributed by atoms with van der Waals surface area (Å²) in [5.41, 5.74) is 0.422. The topological polar surface area (TPSA) is 84.5 Å². The Balaban J connectivity index is 1.47. The zero-order valence-electron chi connectivity index (χ0n) is 16.2. The van der Waals surface area contributed by atoms with Crippen molar-refractivity contribution in [2.45, 2.75) is 32.9 Å². The second kappa shape index (κ2) is 8.24. The lowest BCUT2D eigenvalue weighted by Crippen LogP contribution is -2.35. The number of fused-ring (bicyclic) bond motifs is 1. The first kappa shape index (κ1) is 19.4. The highest BCUT2D eigenvalue weighted by Gasteiger charge is 2.19. The Bertz CT molecular complexity index is 1090. The lowest BCUT2D eigenvalue weighted by Gasteiger charge is -2.31. The molecule has 3 heterocycles. The molecule has 1 saturated heterocycles. The van der Waals surface area contributed by atoms with Gasteiger partial charge in [0.15, 0.2) is 0 Å². The molecule has 2 aromatic heterocycles. The minimum Gasteiger partial charge on any atom is -0.356 e. The molecule has 1 N–H and O–H groups in total. The second-order valence-corrected chi connectivity index (χ2v) is 7.86. The first-order chi connectivity index (χ1) is 14.0. The molecule has 0 aliphatic carbocycles. The van der Waals surface area contributed by atoms with Crippen LogP contribution >= 0.6 is 11.6 Å². The summed E-state index contributed by atoms with van der Waals surface area (Å²) >= 11 is 6.10. The van der Waals surface area contributed by atoms with Crippen LogP contribution in [0.3, 0.4) is 0 Å². The van der Waals surface area contributed by atoms with Gasteiger partial charge < -0.3 is 10.2 Å². The minimum atomic E-state index is -0.390. The summed E-state index contributed by atoms with van der Waals surface area (Å²) in [5, 5.41) is 7.59. The van der Waals surface area contributed by atoms with Gasteiger partial charge in [-0.3, -0.25) is 4.79 Å². The van der Waals surface area contributed by atoms with E-state index in [2.05, 4.69) is 27.2 Å². The number of nitrogens with zero attached hydrogens (tertiary/aromatic N) is 5. The molecule has 1 aromatic carbocycles. The van der Waals surface area contributed by atoms with Crippen molar-refractivity contribution in [2.24, 2.45) is 5.92 Å². The number of carbonyl (C=O) groups is 1. The number of nitrogens with one attached hydrogen (secondary N) is 1. The molecule has 4 rings (SSSR count). The predicted octanol–water partition coefficient (Wildman–Crippen LogP) is 2.10. The molecule has 1 unspecified atom stereocenters. The van der Waals surface area contributed by atoms with Gasteiger partial charge in [-0.1, -0.05) is 36.7 Å². The molecule has 0 spiro atoms. The number of rotatable bonds is 5. The van der Waals surface area contributed by atoms with E-state index in [1.807, 2.05) is 24.3 Å². The fraction of sp³-hybridized carbons (Fsp3) is 0.400. The van der Waals surface area contributed by atoms with Gasteiger partial charge >= 0.3 is 5.69 Å². The van der Waals surface area contributed by atoms with Crippen molar-refractivity contribution >= 4 is 29.1 Å². The lowest BCUT2D eigenvalue weighted by atomic mass is 10.0. The van der Waals surface area contributed by atoms with E-state index >= 15 is 0 Å². The Morgan fingerprint density at radius 2 is 2.14 bits per heavy atom. The van der Waals surface area contributed by atoms with Crippen LogP contribution in [0.1, 0.15) is 25.3 Å². The van der Waals surface area contributed by atoms with Gasteiger partial charge in [-0.05, 0) is 36.5 Å². The molecule has 9 heteroatoms. The Morgan fingerprint density at radius 1 is 1.31 bits per heavy atom. The fourth-order valence-electron chi connectivity index (χ4n) is 3.60. The average Bonchev–Trinajstić information content (AvgIpc) is 3.02. The summed E-state index contributed by atoms with van der Waals surface area (Å²) in [6.07, 6.45) is 4.02. The highest BCUT2D eigenvalue weighted by Crippen LogP contribution is 2.21.